The van der Waals surface area contributed by atoms with Crippen LogP contribution in [0.2, 0.25) is 0 Å². The minimum Gasteiger partial charge on any atom is -0.290 e. The number of nitrogens with one attached hydrogen (secondary N) is 1. The number of amides is 1. The molecule has 1 amide bonds. The van der Waals surface area contributed by atoms with E-state index in [1.807, 2.05) is 11.5 Å². The van der Waals surface area contributed by atoms with Gasteiger partial charge < -0.3 is 0 Å². The zero-order valence-corrected chi connectivity index (χ0v) is 10.2. The Kier molecular flexibility index (Phi) is 6.50. The van der Waals surface area contributed by atoms with Crippen LogP contribution in [0.15, 0.2) is 30.3 Å². The monoisotopic (exact) mass is 302 g/mol. The van der Waals surface area contributed by atoms with Gasteiger partial charge in [-0.05, 0) is 19.1 Å². The second kappa shape index (κ2) is 7.13. The van der Waals surface area contributed by atoms with Crippen LogP contribution in [-0.2, 0) is 0 Å². The van der Waals surface area contributed by atoms with Gasteiger partial charge in [-0.2, -0.15) is 26.3 Å². The topological polar surface area (TPSA) is 55.1 Å². The number of carbonyl (C=O) groups is 1. The van der Waals surface area contributed by atoms with E-state index in [4.69, 9.17) is 5.84 Å². The fourth-order valence-electron chi connectivity index (χ4n) is 0.858. The quantitative estimate of drug-likeness (QED) is 0.362. The lowest BCUT2D eigenvalue weighted by molar-refractivity contribution is -0.278. The van der Waals surface area contributed by atoms with Gasteiger partial charge in [0.05, 0.1) is 0 Å². The average molecular weight is 302 g/mol. The number of nitrogens with two attached hydrogens (primary N) is 1. The molecule has 1 aromatic rings. The van der Waals surface area contributed by atoms with Crippen LogP contribution in [-0.4, -0.2) is 18.3 Å². The van der Waals surface area contributed by atoms with E-state index < -0.39 is 18.3 Å². The number of alkyl halides is 6. The highest BCUT2D eigenvalue weighted by molar-refractivity contribution is 5.93. The number of halogens is 6. The Morgan fingerprint density at radius 3 is 1.70 bits per heavy atom. The maximum atomic E-state index is 11.2. The van der Waals surface area contributed by atoms with Crippen molar-refractivity contribution in [2.45, 2.75) is 19.3 Å². The first kappa shape index (κ1) is 18.2. The second-order valence-corrected chi connectivity index (χ2v) is 3.64. The molecule has 0 fully saturated rings. The van der Waals surface area contributed by atoms with Crippen molar-refractivity contribution in [2.24, 2.45) is 11.8 Å². The van der Waals surface area contributed by atoms with E-state index in [1.54, 1.807) is 24.3 Å². The highest BCUT2D eigenvalue weighted by Gasteiger charge is 2.53. The summed E-state index contributed by atoms with van der Waals surface area (Å²) >= 11 is 0. The third-order valence-electron chi connectivity index (χ3n) is 2.15. The molecule has 0 unspecified atom stereocenters. The molecule has 20 heavy (non-hydrogen) atoms. The molecule has 3 nitrogen and oxygen atoms in total. The fraction of sp³-hybridized carbons (Fsp3) is 0.364. The van der Waals surface area contributed by atoms with Crippen LogP contribution < -0.4 is 11.3 Å². The Morgan fingerprint density at radius 2 is 1.45 bits per heavy atom. The predicted molar refractivity (Wildman–Crippen MR) is 59.4 cm³/mol. The number of hydrogen-bond acceptors (Lipinski definition) is 2. The summed E-state index contributed by atoms with van der Waals surface area (Å²) in [6.07, 6.45) is -10.4. The lowest BCUT2D eigenvalue weighted by atomic mass is 10.2. The van der Waals surface area contributed by atoms with E-state index in [1.165, 1.54) is 0 Å². The van der Waals surface area contributed by atoms with Gasteiger partial charge in [-0.25, -0.2) is 5.84 Å². The molecule has 1 aromatic carbocycles. The van der Waals surface area contributed by atoms with Crippen LogP contribution in [0, 0.1) is 5.92 Å². The molecule has 0 saturated carbocycles. The molecule has 0 aliphatic rings. The average Bonchev–Trinajstić information content (AvgIpc) is 2.36. The van der Waals surface area contributed by atoms with E-state index in [0.29, 0.717) is 5.56 Å². The van der Waals surface area contributed by atoms with Crippen molar-refractivity contribution < 1.29 is 31.1 Å². The van der Waals surface area contributed by atoms with Crippen LogP contribution in [0.4, 0.5) is 26.3 Å². The van der Waals surface area contributed by atoms with Crippen molar-refractivity contribution >= 4 is 5.91 Å². The number of hydrazine groups is 1. The van der Waals surface area contributed by atoms with Crippen LogP contribution in [0.1, 0.15) is 17.3 Å². The van der Waals surface area contributed by atoms with Crippen molar-refractivity contribution in [2.75, 3.05) is 0 Å². The number of rotatable bonds is 1. The summed E-state index contributed by atoms with van der Waals surface area (Å²) in [5.74, 6) is 1.41. The third-order valence-corrected chi connectivity index (χ3v) is 2.15. The van der Waals surface area contributed by atoms with Gasteiger partial charge in [0, 0.05) is 5.56 Å². The molecular formula is C11H12F6N2O. The molecule has 0 saturated heterocycles. The van der Waals surface area contributed by atoms with Gasteiger partial charge in [-0.15, -0.1) is 0 Å². The number of nitrogen functional groups attached to an aromatic ring is 1. The Hall–Kier alpha value is -1.77. The van der Waals surface area contributed by atoms with E-state index in [-0.39, 0.29) is 12.8 Å². The maximum absolute atomic E-state index is 11.2. The van der Waals surface area contributed by atoms with Crippen molar-refractivity contribution in [3.63, 3.8) is 0 Å². The zero-order chi connectivity index (χ0) is 16.0. The predicted octanol–water partition coefficient (Wildman–Crippen LogP) is 3.04. The van der Waals surface area contributed by atoms with Gasteiger partial charge in [0.25, 0.3) is 5.91 Å². The molecule has 0 atom stereocenters. The molecule has 114 valence electrons. The standard InChI is InChI=1S/C7H8N2O.C4H4F6/c8-9-7(10)6-4-2-1-3-5-6;1-2(3(5,6)7)4(8,9)10/h1-5H,8H2,(H,9,10);2H,1H3. The summed E-state index contributed by atoms with van der Waals surface area (Å²) in [6.45, 7) is 0.0833. The van der Waals surface area contributed by atoms with Crippen LogP contribution in [0.5, 0.6) is 0 Å². The molecule has 9 heteroatoms. The third kappa shape index (κ3) is 6.41. The molecule has 0 aromatic heterocycles. The van der Waals surface area contributed by atoms with Crippen molar-refractivity contribution in [1.29, 1.82) is 0 Å². The summed E-state index contributed by atoms with van der Waals surface area (Å²) in [7, 11) is 0. The van der Waals surface area contributed by atoms with Gasteiger partial charge in [0.2, 0.25) is 0 Å². The SMILES string of the molecule is CC(C(F)(F)F)C(F)(F)F.NNC(=O)c1ccccc1. The van der Waals surface area contributed by atoms with Gasteiger partial charge >= 0.3 is 12.4 Å². The highest BCUT2D eigenvalue weighted by atomic mass is 19.4. The number of carbonyl (C=O) groups excluding carboxylic acids is 1. The van der Waals surface area contributed by atoms with Crippen LogP contribution in [0.3, 0.4) is 0 Å². The molecule has 0 aliphatic carbocycles. The van der Waals surface area contributed by atoms with Gasteiger partial charge in [-0.3, -0.25) is 10.2 Å². The normalized spacial score (nSPS) is 11.7. The maximum Gasteiger partial charge on any atom is 0.400 e. The first-order chi connectivity index (χ1) is 9.00. The lowest BCUT2D eigenvalue weighted by Crippen LogP contribution is -2.33. The molecule has 0 radical (unpaired) electrons. The summed E-state index contributed by atoms with van der Waals surface area (Å²) in [6, 6.07) is 8.80. The minimum absolute atomic E-state index is 0.0833. The highest BCUT2D eigenvalue weighted by Crippen LogP contribution is 2.38. The second-order valence-electron chi connectivity index (χ2n) is 3.64. The van der Waals surface area contributed by atoms with Crippen LogP contribution in [0.25, 0.3) is 0 Å². The molecule has 3 N–H and O–H groups in total. The molecule has 0 bridgehead atoms. The van der Waals surface area contributed by atoms with E-state index >= 15 is 0 Å². The summed E-state index contributed by atoms with van der Waals surface area (Å²) < 4.78 is 67.4. The summed E-state index contributed by atoms with van der Waals surface area (Å²) in [4.78, 5) is 10.8. The summed E-state index contributed by atoms with van der Waals surface area (Å²) in [5.41, 5.74) is 2.62. The van der Waals surface area contributed by atoms with E-state index in [9.17, 15) is 31.1 Å². The van der Waals surface area contributed by atoms with Gasteiger partial charge in [-0.1, -0.05) is 18.2 Å². The smallest absolute Gasteiger partial charge is 0.290 e. The van der Waals surface area contributed by atoms with Crippen molar-refractivity contribution in [3.05, 3.63) is 35.9 Å². The number of hydrogen-bond donors (Lipinski definition) is 2. The molecule has 0 aliphatic heterocycles. The number of benzene rings is 1. The first-order valence-electron chi connectivity index (χ1n) is 5.19. The van der Waals surface area contributed by atoms with E-state index in [2.05, 4.69) is 0 Å². The first-order valence-corrected chi connectivity index (χ1v) is 5.19. The van der Waals surface area contributed by atoms with Crippen molar-refractivity contribution in [1.82, 2.24) is 5.43 Å². The Morgan fingerprint density at radius 1 is 1.05 bits per heavy atom. The Labute approximate surface area is 110 Å². The fourth-order valence-corrected chi connectivity index (χ4v) is 0.858. The largest absolute Gasteiger partial charge is 0.400 e. The Balaban J connectivity index is 0.000000361. The zero-order valence-electron chi connectivity index (χ0n) is 10.2. The van der Waals surface area contributed by atoms with E-state index in [0.717, 1.165) is 0 Å². The van der Waals surface area contributed by atoms with Crippen LogP contribution >= 0.6 is 0 Å². The molecular weight excluding hydrogens is 290 g/mol. The molecule has 0 spiro atoms. The van der Waals surface area contributed by atoms with Crippen molar-refractivity contribution in [3.8, 4) is 0 Å². The molecule has 1 rings (SSSR count). The van der Waals surface area contributed by atoms with Gasteiger partial charge in [0.1, 0.15) is 5.92 Å². The Bertz CT molecular complexity index is 401. The van der Waals surface area contributed by atoms with Gasteiger partial charge in [0.15, 0.2) is 0 Å². The lowest BCUT2D eigenvalue weighted by Gasteiger charge is -2.17. The summed E-state index contributed by atoms with van der Waals surface area (Å²) in [5, 5.41) is 0. The molecule has 0 heterocycles. The minimum atomic E-state index is -5.18.